The van der Waals surface area contributed by atoms with Crippen molar-refractivity contribution < 1.29 is 9.59 Å². The van der Waals surface area contributed by atoms with Crippen LogP contribution in [0, 0.1) is 10.8 Å². The molecule has 2 aliphatic heterocycles. The Morgan fingerprint density at radius 2 is 1.25 bits per heavy atom. The Labute approximate surface area is 76.5 Å². The summed E-state index contributed by atoms with van der Waals surface area (Å²) in [5.74, 6) is 0. The second-order valence-corrected chi connectivity index (χ2v) is 4.71. The molecule has 2 fully saturated rings. The molecule has 2 rings (SSSR count). The fourth-order valence-corrected chi connectivity index (χ4v) is 3.55. The van der Waals surface area contributed by atoms with Crippen LogP contribution in [0.15, 0.2) is 0 Å². The molecule has 4 nitrogen and oxygen atoms in total. The largest absolute Gasteiger partial charge is 0.299 e. The van der Waals surface area contributed by atoms with E-state index in [0.717, 1.165) is 23.5 Å². The van der Waals surface area contributed by atoms with E-state index in [4.69, 9.17) is 10.8 Å². The van der Waals surface area contributed by atoms with Gasteiger partial charge in [0.1, 0.15) is 11.4 Å². The molecule has 2 saturated heterocycles. The standard InChI is InChI=1S/C6H4N2O2S2/c7-1-3-4(12-5(1)9)2(8)6(10)11-3/h3-4,7-8H. The summed E-state index contributed by atoms with van der Waals surface area (Å²) in [6.45, 7) is 0. The van der Waals surface area contributed by atoms with E-state index in [0.29, 0.717) is 0 Å². The van der Waals surface area contributed by atoms with Crippen molar-refractivity contribution in [2.45, 2.75) is 10.5 Å². The van der Waals surface area contributed by atoms with Crippen molar-refractivity contribution in [3.63, 3.8) is 0 Å². The number of hydrogen-bond acceptors (Lipinski definition) is 6. The zero-order valence-corrected chi connectivity index (χ0v) is 7.42. The molecule has 2 unspecified atom stereocenters. The first-order chi connectivity index (χ1) is 5.61. The third kappa shape index (κ3) is 0.879. The maximum atomic E-state index is 11.0. The van der Waals surface area contributed by atoms with E-state index in [1.54, 1.807) is 0 Å². The van der Waals surface area contributed by atoms with Crippen molar-refractivity contribution in [2.24, 2.45) is 0 Å². The zero-order chi connectivity index (χ0) is 8.88. The third-order valence-electron chi connectivity index (χ3n) is 1.75. The predicted molar refractivity (Wildman–Crippen MR) is 48.2 cm³/mol. The van der Waals surface area contributed by atoms with E-state index in [1.165, 1.54) is 0 Å². The summed E-state index contributed by atoms with van der Waals surface area (Å²) >= 11 is 1.85. The van der Waals surface area contributed by atoms with Crippen LogP contribution in [-0.2, 0) is 9.59 Å². The van der Waals surface area contributed by atoms with Gasteiger partial charge in [-0.2, -0.15) is 0 Å². The second kappa shape index (κ2) is 2.43. The lowest BCUT2D eigenvalue weighted by Gasteiger charge is -2.00. The molecule has 0 bridgehead atoms. The molecule has 12 heavy (non-hydrogen) atoms. The van der Waals surface area contributed by atoms with Crippen LogP contribution in [0.2, 0.25) is 0 Å². The topological polar surface area (TPSA) is 81.8 Å². The van der Waals surface area contributed by atoms with Gasteiger partial charge in [0, 0.05) is 0 Å². The summed E-state index contributed by atoms with van der Waals surface area (Å²) in [6, 6.07) is 0. The van der Waals surface area contributed by atoms with Crippen molar-refractivity contribution in [3.05, 3.63) is 0 Å². The van der Waals surface area contributed by atoms with Crippen molar-refractivity contribution >= 4 is 45.2 Å². The van der Waals surface area contributed by atoms with Crippen LogP contribution in [0.25, 0.3) is 0 Å². The Hall–Kier alpha value is -0.620. The number of fused-ring (bicyclic) bond motifs is 1. The lowest BCUT2D eigenvalue weighted by atomic mass is 10.1. The van der Waals surface area contributed by atoms with Crippen molar-refractivity contribution in [3.8, 4) is 0 Å². The Morgan fingerprint density at radius 3 is 1.58 bits per heavy atom. The van der Waals surface area contributed by atoms with E-state index in [-0.39, 0.29) is 32.2 Å². The van der Waals surface area contributed by atoms with Crippen LogP contribution in [0.1, 0.15) is 0 Å². The molecule has 2 aliphatic rings. The molecule has 2 N–H and O–H groups in total. The average Bonchev–Trinajstić information content (AvgIpc) is 2.43. The average molecular weight is 200 g/mol. The van der Waals surface area contributed by atoms with Crippen molar-refractivity contribution in [2.75, 3.05) is 0 Å². The molecule has 0 amide bonds. The van der Waals surface area contributed by atoms with Gasteiger partial charge in [0.15, 0.2) is 0 Å². The molecule has 0 radical (unpaired) electrons. The SMILES string of the molecule is N=C1C(=O)SC2C(=N)C(=O)SC12. The Kier molecular flexibility index (Phi) is 1.62. The number of carbonyl (C=O) groups is 2. The first-order valence-electron chi connectivity index (χ1n) is 3.20. The van der Waals surface area contributed by atoms with Gasteiger partial charge in [-0.1, -0.05) is 23.5 Å². The quantitative estimate of drug-likeness (QED) is 0.589. The normalized spacial score (nSPS) is 34.7. The fourth-order valence-electron chi connectivity index (χ4n) is 1.13. The number of thioether (sulfide) groups is 2. The van der Waals surface area contributed by atoms with Crippen LogP contribution in [0.3, 0.4) is 0 Å². The minimum absolute atomic E-state index is 0.0226. The van der Waals surface area contributed by atoms with Crippen LogP contribution in [0.5, 0.6) is 0 Å². The molecule has 6 heteroatoms. The van der Waals surface area contributed by atoms with E-state index in [9.17, 15) is 9.59 Å². The van der Waals surface area contributed by atoms with Gasteiger partial charge in [0.25, 0.3) is 0 Å². The first-order valence-corrected chi connectivity index (χ1v) is 4.96. The highest BCUT2D eigenvalue weighted by molar-refractivity contribution is 8.24. The summed E-state index contributed by atoms with van der Waals surface area (Å²) in [5, 5.41) is 13.3. The number of hydrogen-bond donors (Lipinski definition) is 2. The highest BCUT2D eigenvalue weighted by Gasteiger charge is 2.50. The molecule has 2 heterocycles. The lowest BCUT2D eigenvalue weighted by Crippen LogP contribution is -2.21. The van der Waals surface area contributed by atoms with Gasteiger partial charge in [-0.05, 0) is 0 Å². The van der Waals surface area contributed by atoms with Gasteiger partial charge in [-0.15, -0.1) is 0 Å². The Bertz CT molecular complexity index is 294. The molecular formula is C6H4N2O2S2. The molecule has 0 aromatic rings. The molecule has 2 atom stereocenters. The van der Waals surface area contributed by atoms with E-state index < -0.39 is 0 Å². The maximum absolute atomic E-state index is 11.0. The van der Waals surface area contributed by atoms with Gasteiger partial charge < -0.3 is 0 Å². The summed E-state index contributed by atoms with van der Waals surface area (Å²) in [4.78, 5) is 21.9. The van der Waals surface area contributed by atoms with Gasteiger partial charge in [-0.25, -0.2) is 0 Å². The minimum Gasteiger partial charge on any atom is -0.299 e. The predicted octanol–water partition coefficient (Wildman–Crippen LogP) is 0.310. The smallest absolute Gasteiger partial charge is 0.234 e. The van der Waals surface area contributed by atoms with Crippen LogP contribution in [0.4, 0.5) is 0 Å². The summed E-state index contributed by atoms with van der Waals surface area (Å²) in [6.07, 6.45) is 0. The van der Waals surface area contributed by atoms with E-state index in [2.05, 4.69) is 0 Å². The van der Waals surface area contributed by atoms with Crippen molar-refractivity contribution in [1.82, 2.24) is 0 Å². The highest BCUT2D eigenvalue weighted by Crippen LogP contribution is 2.41. The highest BCUT2D eigenvalue weighted by atomic mass is 32.2. The number of rotatable bonds is 0. The lowest BCUT2D eigenvalue weighted by molar-refractivity contribution is -0.105. The van der Waals surface area contributed by atoms with Crippen molar-refractivity contribution in [1.29, 1.82) is 10.8 Å². The third-order valence-corrected chi connectivity index (χ3v) is 4.32. The van der Waals surface area contributed by atoms with Crippen LogP contribution >= 0.6 is 23.5 Å². The molecule has 0 aromatic carbocycles. The fraction of sp³-hybridized carbons (Fsp3) is 0.333. The number of nitrogens with one attached hydrogen (secondary N) is 2. The summed E-state index contributed by atoms with van der Waals surface area (Å²) in [5.41, 5.74) is -0.0452. The Morgan fingerprint density at radius 1 is 0.917 bits per heavy atom. The van der Waals surface area contributed by atoms with E-state index in [1.807, 2.05) is 0 Å². The monoisotopic (exact) mass is 200 g/mol. The molecule has 0 aliphatic carbocycles. The molecule has 0 spiro atoms. The molecular weight excluding hydrogens is 196 g/mol. The van der Waals surface area contributed by atoms with Crippen LogP contribution in [-0.4, -0.2) is 32.2 Å². The van der Waals surface area contributed by atoms with Crippen LogP contribution < -0.4 is 0 Å². The first kappa shape index (κ1) is 8.00. The minimum atomic E-state index is -0.387. The van der Waals surface area contributed by atoms with Gasteiger partial charge >= 0.3 is 0 Å². The summed E-state index contributed by atoms with van der Waals surface area (Å²) < 4.78 is 0. The molecule has 62 valence electrons. The zero-order valence-electron chi connectivity index (χ0n) is 5.79. The van der Waals surface area contributed by atoms with Gasteiger partial charge in [0.2, 0.25) is 10.2 Å². The maximum Gasteiger partial charge on any atom is 0.234 e. The van der Waals surface area contributed by atoms with Gasteiger partial charge in [0.05, 0.1) is 10.5 Å². The molecule has 0 saturated carbocycles. The van der Waals surface area contributed by atoms with E-state index >= 15 is 0 Å². The Balaban J connectivity index is 2.36. The van der Waals surface area contributed by atoms with Gasteiger partial charge in [-0.3, -0.25) is 20.4 Å². The second-order valence-electron chi connectivity index (χ2n) is 2.48. The number of carbonyl (C=O) groups excluding carboxylic acids is 2. The molecule has 0 aromatic heterocycles. The summed E-state index contributed by atoms with van der Waals surface area (Å²) in [7, 11) is 0.